The van der Waals surface area contributed by atoms with Crippen molar-refractivity contribution in [1.29, 1.82) is 0 Å². The summed E-state index contributed by atoms with van der Waals surface area (Å²) < 4.78 is 0. The summed E-state index contributed by atoms with van der Waals surface area (Å²) >= 11 is 0. The standard InChI is InChI=1S/C17H19N3O2/c1-12(13-6-3-2-4-7-13)11-19-16(21)14-8-5-9-15(10-14)20-17(18)22/h2-10,12H,11H2,1H3,(H,19,21)(H3,18,20,22)/t12-/m1/s1. The van der Waals surface area contributed by atoms with Crippen LogP contribution in [0.25, 0.3) is 0 Å². The first-order chi connectivity index (χ1) is 10.6. The number of primary amides is 1. The number of hydrogen-bond acceptors (Lipinski definition) is 2. The van der Waals surface area contributed by atoms with Gasteiger partial charge < -0.3 is 16.4 Å². The van der Waals surface area contributed by atoms with Crippen LogP contribution in [-0.2, 0) is 0 Å². The number of hydrogen-bond donors (Lipinski definition) is 3. The Balaban J connectivity index is 1.96. The van der Waals surface area contributed by atoms with Crippen molar-refractivity contribution >= 4 is 17.6 Å². The number of amides is 3. The number of carbonyl (C=O) groups excluding carboxylic acids is 2. The van der Waals surface area contributed by atoms with Crippen LogP contribution in [0.15, 0.2) is 54.6 Å². The van der Waals surface area contributed by atoms with E-state index in [1.807, 2.05) is 30.3 Å². The lowest BCUT2D eigenvalue weighted by Crippen LogP contribution is -2.27. The van der Waals surface area contributed by atoms with Crippen molar-refractivity contribution < 1.29 is 9.59 Å². The Labute approximate surface area is 129 Å². The first-order valence-corrected chi connectivity index (χ1v) is 7.06. The summed E-state index contributed by atoms with van der Waals surface area (Å²) in [4.78, 5) is 23.0. The molecule has 0 aliphatic rings. The summed E-state index contributed by atoms with van der Waals surface area (Å²) in [5.74, 6) is 0.0352. The van der Waals surface area contributed by atoms with Crippen LogP contribution in [0.5, 0.6) is 0 Å². The van der Waals surface area contributed by atoms with Crippen LogP contribution in [0.3, 0.4) is 0 Å². The number of nitrogens with one attached hydrogen (secondary N) is 2. The van der Waals surface area contributed by atoms with Gasteiger partial charge in [-0.2, -0.15) is 0 Å². The van der Waals surface area contributed by atoms with Crippen molar-refractivity contribution in [3.05, 3.63) is 65.7 Å². The minimum Gasteiger partial charge on any atom is -0.351 e. The van der Waals surface area contributed by atoms with Crippen molar-refractivity contribution in [2.45, 2.75) is 12.8 Å². The Morgan fingerprint density at radius 3 is 2.50 bits per heavy atom. The Bertz CT molecular complexity index is 656. The minimum absolute atomic E-state index is 0.184. The molecule has 0 saturated carbocycles. The molecule has 0 bridgehead atoms. The molecule has 0 spiro atoms. The molecule has 5 heteroatoms. The monoisotopic (exact) mass is 297 g/mol. The maximum atomic E-state index is 12.2. The highest BCUT2D eigenvalue weighted by atomic mass is 16.2. The molecule has 4 N–H and O–H groups in total. The fraction of sp³-hybridized carbons (Fsp3) is 0.176. The van der Waals surface area contributed by atoms with Crippen molar-refractivity contribution in [2.75, 3.05) is 11.9 Å². The Hall–Kier alpha value is -2.82. The van der Waals surface area contributed by atoms with Crippen molar-refractivity contribution in [2.24, 2.45) is 5.73 Å². The van der Waals surface area contributed by atoms with Gasteiger partial charge in [0.1, 0.15) is 0 Å². The van der Waals surface area contributed by atoms with E-state index >= 15 is 0 Å². The average molecular weight is 297 g/mol. The van der Waals surface area contributed by atoms with E-state index in [1.54, 1.807) is 24.3 Å². The van der Waals surface area contributed by atoms with Gasteiger partial charge in [-0.25, -0.2) is 4.79 Å². The highest BCUT2D eigenvalue weighted by Gasteiger charge is 2.10. The summed E-state index contributed by atoms with van der Waals surface area (Å²) in [5.41, 5.74) is 7.21. The van der Waals surface area contributed by atoms with Crippen molar-refractivity contribution in [1.82, 2.24) is 5.32 Å². The van der Waals surface area contributed by atoms with Gasteiger partial charge in [-0.15, -0.1) is 0 Å². The Morgan fingerprint density at radius 1 is 1.09 bits per heavy atom. The van der Waals surface area contributed by atoms with E-state index in [9.17, 15) is 9.59 Å². The molecule has 0 aliphatic heterocycles. The first-order valence-electron chi connectivity index (χ1n) is 7.06. The molecule has 0 fully saturated rings. The SMILES string of the molecule is C[C@H](CNC(=O)c1cccc(NC(N)=O)c1)c1ccccc1. The quantitative estimate of drug-likeness (QED) is 0.792. The highest BCUT2D eigenvalue weighted by molar-refractivity contribution is 5.96. The summed E-state index contributed by atoms with van der Waals surface area (Å²) in [6, 6.07) is 16.0. The number of urea groups is 1. The van der Waals surface area contributed by atoms with E-state index in [-0.39, 0.29) is 11.8 Å². The third-order valence-electron chi connectivity index (χ3n) is 3.33. The van der Waals surface area contributed by atoms with Gasteiger partial charge in [0.05, 0.1) is 0 Å². The largest absolute Gasteiger partial charge is 0.351 e. The van der Waals surface area contributed by atoms with E-state index in [4.69, 9.17) is 5.73 Å². The molecular formula is C17H19N3O2. The van der Waals surface area contributed by atoms with Gasteiger partial charge in [-0.3, -0.25) is 4.79 Å². The molecule has 0 aliphatic carbocycles. The molecule has 0 saturated heterocycles. The van der Waals surface area contributed by atoms with E-state index in [0.717, 1.165) is 0 Å². The van der Waals surface area contributed by atoms with Gasteiger partial charge in [-0.05, 0) is 29.7 Å². The number of carbonyl (C=O) groups is 2. The summed E-state index contributed by atoms with van der Waals surface area (Å²) in [5, 5.41) is 5.34. The van der Waals surface area contributed by atoms with Gasteiger partial charge >= 0.3 is 6.03 Å². The van der Waals surface area contributed by atoms with E-state index in [0.29, 0.717) is 17.8 Å². The highest BCUT2D eigenvalue weighted by Crippen LogP contribution is 2.14. The topological polar surface area (TPSA) is 84.2 Å². The van der Waals surface area contributed by atoms with Gasteiger partial charge in [0.2, 0.25) is 0 Å². The van der Waals surface area contributed by atoms with Crippen molar-refractivity contribution in [3.8, 4) is 0 Å². The molecule has 22 heavy (non-hydrogen) atoms. The maximum absolute atomic E-state index is 12.2. The molecule has 5 nitrogen and oxygen atoms in total. The summed E-state index contributed by atoms with van der Waals surface area (Å²) in [6.45, 7) is 2.59. The lowest BCUT2D eigenvalue weighted by atomic mass is 10.0. The molecule has 1 atom stereocenters. The second-order valence-corrected chi connectivity index (χ2v) is 5.09. The molecular weight excluding hydrogens is 278 g/mol. The van der Waals surface area contributed by atoms with Gasteiger partial charge in [0, 0.05) is 17.8 Å². The third-order valence-corrected chi connectivity index (χ3v) is 3.33. The van der Waals surface area contributed by atoms with Crippen LogP contribution >= 0.6 is 0 Å². The first kappa shape index (κ1) is 15.6. The second-order valence-electron chi connectivity index (χ2n) is 5.09. The van der Waals surface area contributed by atoms with Crippen LogP contribution < -0.4 is 16.4 Å². The Morgan fingerprint density at radius 2 is 1.82 bits per heavy atom. The van der Waals surface area contributed by atoms with Crippen LogP contribution in [0.4, 0.5) is 10.5 Å². The summed E-state index contributed by atoms with van der Waals surface area (Å²) in [7, 11) is 0. The lowest BCUT2D eigenvalue weighted by molar-refractivity contribution is 0.0951. The molecule has 2 rings (SSSR count). The Kier molecular flexibility index (Phi) is 5.14. The number of nitrogens with two attached hydrogens (primary N) is 1. The van der Waals surface area contributed by atoms with Crippen molar-refractivity contribution in [3.63, 3.8) is 0 Å². The molecule has 0 aromatic heterocycles. The van der Waals surface area contributed by atoms with Crippen LogP contribution in [0, 0.1) is 0 Å². The molecule has 3 amide bonds. The maximum Gasteiger partial charge on any atom is 0.316 e. The fourth-order valence-electron chi connectivity index (χ4n) is 2.13. The predicted molar refractivity (Wildman–Crippen MR) is 86.8 cm³/mol. The zero-order valence-corrected chi connectivity index (χ0v) is 12.4. The normalized spacial score (nSPS) is 11.5. The molecule has 0 unspecified atom stereocenters. The summed E-state index contributed by atoms with van der Waals surface area (Å²) in [6.07, 6.45) is 0. The van der Waals surface area contributed by atoms with Gasteiger partial charge in [0.15, 0.2) is 0 Å². The lowest BCUT2D eigenvalue weighted by Gasteiger charge is -2.13. The molecule has 2 aromatic carbocycles. The minimum atomic E-state index is -0.657. The number of rotatable bonds is 5. The van der Waals surface area contributed by atoms with Gasteiger partial charge in [-0.1, -0.05) is 43.3 Å². The number of benzene rings is 2. The molecule has 114 valence electrons. The molecule has 2 aromatic rings. The van der Waals surface area contributed by atoms with E-state index in [1.165, 1.54) is 5.56 Å². The van der Waals surface area contributed by atoms with Gasteiger partial charge in [0.25, 0.3) is 5.91 Å². The molecule has 0 heterocycles. The predicted octanol–water partition coefficient (Wildman–Crippen LogP) is 2.71. The van der Waals surface area contributed by atoms with E-state index in [2.05, 4.69) is 17.6 Å². The second kappa shape index (κ2) is 7.26. The van der Waals surface area contributed by atoms with Crippen LogP contribution in [0.2, 0.25) is 0 Å². The van der Waals surface area contributed by atoms with Crippen LogP contribution in [-0.4, -0.2) is 18.5 Å². The zero-order chi connectivity index (χ0) is 15.9. The average Bonchev–Trinajstić information content (AvgIpc) is 2.52. The number of anilines is 1. The smallest absolute Gasteiger partial charge is 0.316 e. The molecule has 0 radical (unpaired) electrons. The van der Waals surface area contributed by atoms with E-state index < -0.39 is 6.03 Å². The fourth-order valence-corrected chi connectivity index (χ4v) is 2.13. The zero-order valence-electron chi connectivity index (χ0n) is 12.4. The van der Waals surface area contributed by atoms with Crippen LogP contribution in [0.1, 0.15) is 28.8 Å². The third kappa shape index (κ3) is 4.34.